The molecule has 2 aliphatic rings. The lowest BCUT2D eigenvalue weighted by Gasteiger charge is -2.34. The van der Waals surface area contributed by atoms with Gasteiger partial charge in [0.05, 0.1) is 25.6 Å². The Hall–Kier alpha value is -2.73. The first-order valence-electron chi connectivity index (χ1n) is 9.04. The summed E-state index contributed by atoms with van der Waals surface area (Å²) in [7, 11) is 1.56. The van der Waals surface area contributed by atoms with Gasteiger partial charge in [0.15, 0.2) is 12.4 Å². The normalized spacial score (nSPS) is 20.6. The van der Waals surface area contributed by atoms with E-state index in [1.54, 1.807) is 54.5 Å². The van der Waals surface area contributed by atoms with Crippen LogP contribution >= 0.6 is 11.6 Å². The van der Waals surface area contributed by atoms with Crippen molar-refractivity contribution >= 4 is 23.3 Å². The van der Waals surface area contributed by atoms with E-state index in [1.165, 1.54) is 0 Å². The van der Waals surface area contributed by atoms with Crippen molar-refractivity contribution < 1.29 is 23.8 Å². The van der Waals surface area contributed by atoms with Gasteiger partial charge in [-0.2, -0.15) is 0 Å². The van der Waals surface area contributed by atoms with Crippen LogP contribution in [0.4, 0.5) is 0 Å². The molecule has 2 aromatic rings. The van der Waals surface area contributed by atoms with E-state index in [2.05, 4.69) is 0 Å². The van der Waals surface area contributed by atoms with Gasteiger partial charge in [0.1, 0.15) is 22.8 Å². The zero-order valence-electron chi connectivity index (χ0n) is 15.4. The van der Waals surface area contributed by atoms with Crippen molar-refractivity contribution in [2.45, 2.75) is 18.4 Å². The Morgan fingerprint density at radius 2 is 1.96 bits per heavy atom. The highest BCUT2D eigenvalue weighted by Gasteiger charge is 2.47. The van der Waals surface area contributed by atoms with Crippen molar-refractivity contribution in [1.82, 2.24) is 4.90 Å². The molecule has 0 radical (unpaired) electrons. The van der Waals surface area contributed by atoms with Crippen molar-refractivity contribution in [2.24, 2.45) is 0 Å². The summed E-state index contributed by atoms with van der Waals surface area (Å²) in [5, 5.41) is 0.608. The summed E-state index contributed by atoms with van der Waals surface area (Å²) < 4.78 is 16.9. The van der Waals surface area contributed by atoms with E-state index in [1.807, 2.05) is 0 Å². The molecule has 1 spiro atoms. The van der Waals surface area contributed by atoms with Gasteiger partial charge in [-0.3, -0.25) is 9.59 Å². The number of ether oxygens (including phenoxy) is 3. The first-order chi connectivity index (χ1) is 13.5. The molecule has 146 valence electrons. The summed E-state index contributed by atoms with van der Waals surface area (Å²) in [5.74, 6) is 1.62. The number of rotatable bonds is 4. The molecule has 4 rings (SSSR count). The van der Waals surface area contributed by atoms with E-state index in [-0.39, 0.29) is 24.7 Å². The van der Waals surface area contributed by atoms with E-state index in [9.17, 15) is 9.59 Å². The predicted octanol–water partition coefficient (Wildman–Crippen LogP) is 3.36. The number of methoxy groups -OCH3 is 1. The number of hydrogen-bond acceptors (Lipinski definition) is 5. The molecule has 1 amide bonds. The van der Waals surface area contributed by atoms with Gasteiger partial charge in [-0.25, -0.2) is 0 Å². The summed E-state index contributed by atoms with van der Waals surface area (Å²) in [5.41, 5.74) is -0.143. The summed E-state index contributed by atoms with van der Waals surface area (Å²) in [6, 6.07) is 12.1. The molecule has 1 atom stereocenters. The molecule has 28 heavy (non-hydrogen) atoms. The topological polar surface area (TPSA) is 65.1 Å². The number of carbonyl (C=O) groups excluding carboxylic acids is 2. The predicted molar refractivity (Wildman–Crippen MR) is 103 cm³/mol. The third-order valence-electron chi connectivity index (χ3n) is 5.14. The number of Topliss-reactive ketones (excluding diaryl/α,β-unsaturated/α-hetero) is 1. The molecule has 2 aliphatic heterocycles. The lowest BCUT2D eigenvalue weighted by atomic mass is 9.89. The number of hydrogen-bond donors (Lipinski definition) is 0. The van der Waals surface area contributed by atoms with Crippen LogP contribution in [0.15, 0.2) is 42.5 Å². The Bertz CT molecular complexity index is 914. The molecule has 1 unspecified atom stereocenters. The molecule has 2 heterocycles. The molecular weight excluding hydrogens is 382 g/mol. The van der Waals surface area contributed by atoms with Gasteiger partial charge in [0.25, 0.3) is 5.91 Å². The van der Waals surface area contributed by atoms with E-state index in [4.69, 9.17) is 25.8 Å². The Kier molecular flexibility index (Phi) is 4.89. The molecule has 0 aromatic heterocycles. The Morgan fingerprint density at radius 1 is 1.21 bits per heavy atom. The second-order valence-electron chi connectivity index (χ2n) is 7.06. The number of fused-ring (bicyclic) bond motifs is 1. The Morgan fingerprint density at radius 3 is 2.71 bits per heavy atom. The van der Waals surface area contributed by atoms with Crippen molar-refractivity contribution in [3.63, 3.8) is 0 Å². The fourth-order valence-electron chi connectivity index (χ4n) is 3.65. The number of likely N-dealkylation sites (tertiary alicyclic amines) is 1. The smallest absolute Gasteiger partial charge is 0.260 e. The quantitative estimate of drug-likeness (QED) is 0.786. The molecule has 7 heteroatoms. The third-order valence-corrected chi connectivity index (χ3v) is 5.39. The van der Waals surface area contributed by atoms with Crippen LogP contribution in [0.2, 0.25) is 5.02 Å². The molecule has 1 fully saturated rings. The van der Waals surface area contributed by atoms with E-state index >= 15 is 0 Å². The number of halogens is 1. The van der Waals surface area contributed by atoms with Crippen molar-refractivity contribution in [3.05, 3.63) is 53.1 Å². The maximum Gasteiger partial charge on any atom is 0.260 e. The molecular formula is C21H20ClNO5. The van der Waals surface area contributed by atoms with Crippen LogP contribution in [0.5, 0.6) is 17.2 Å². The first kappa shape index (κ1) is 18.6. The lowest BCUT2D eigenvalue weighted by Crippen LogP contribution is -2.45. The zero-order chi connectivity index (χ0) is 19.7. The number of carbonyl (C=O) groups is 2. The van der Waals surface area contributed by atoms with Gasteiger partial charge in [0, 0.05) is 18.0 Å². The fourth-order valence-corrected chi connectivity index (χ4v) is 3.78. The summed E-state index contributed by atoms with van der Waals surface area (Å²) in [6.07, 6.45) is 0.853. The van der Waals surface area contributed by atoms with Crippen LogP contribution < -0.4 is 14.2 Å². The maximum absolute atomic E-state index is 12.7. The first-order valence-corrected chi connectivity index (χ1v) is 9.42. The maximum atomic E-state index is 12.7. The summed E-state index contributed by atoms with van der Waals surface area (Å²) in [4.78, 5) is 26.9. The average Bonchev–Trinajstić information content (AvgIpc) is 3.10. The largest absolute Gasteiger partial charge is 0.497 e. The highest BCUT2D eigenvalue weighted by molar-refractivity contribution is 6.30. The molecule has 6 nitrogen and oxygen atoms in total. The van der Waals surface area contributed by atoms with Crippen LogP contribution in [0.1, 0.15) is 23.2 Å². The Labute approximate surface area is 167 Å². The minimum Gasteiger partial charge on any atom is -0.497 e. The van der Waals surface area contributed by atoms with Crippen molar-refractivity contribution in [2.75, 3.05) is 26.8 Å². The van der Waals surface area contributed by atoms with Crippen LogP contribution in [0, 0.1) is 0 Å². The lowest BCUT2D eigenvalue weighted by molar-refractivity contribution is -0.133. The van der Waals surface area contributed by atoms with Gasteiger partial charge in [0.2, 0.25) is 0 Å². The second kappa shape index (κ2) is 7.36. The van der Waals surface area contributed by atoms with Crippen molar-refractivity contribution in [3.8, 4) is 17.2 Å². The average molecular weight is 402 g/mol. The molecule has 0 N–H and O–H groups in total. The summed E-state index contributed by atoms with van der Waals surface area (Å²) >= 11 is 5.85. The van der Waals surface area contributed by atoms with Crippen LogP contribution in [-0.4, -0.2) is 49.0 Å². The monoisotopic (exact) mass is 401 g/mol. The minimum atomic E-state index is -0.672. The highest BCUT2D eigenvalue weighted by Crippen LogP contribution is 2.40. The van der Waals surface area contributed by atoms with Crippen molar-refractivity contribution in [1.29, 1.82) is 0 Å². The molecule has 0 bridgehead atoms. The van der Waals surface area contributed by atoms with Crippen LogP contribution in [-0.2, 0) is 4.79 Å². The number of ketones is 1. The van der Waals surface area contributed by atoms with Gasteiger partial charge < -0.3 is 19.1 Å². The molecule has 1 saturated heterocycles. The third kappa shape index (κ3) is 3.64. The van der Waals surface area contributed by atoms with E-state index in [0.717, 1.165) is 0 Å². The highest BCUT2D eigenvalue weighted by atomic mass is 35.5. The number of benzene rings is 2. The molecule has 0 saturated carbocycles. The molecule has 2 aromatic carbocycles. The van der Waals surface area contributed by atoms with Gasteiger partial charge >= 0.3 is 0 Å². The summed E-state index contributed by atoms with van der Waals surface area (Å²) in [6.45, 7) is 0.827. The Balaban J connectivity index is 1.41. The van der Waals surface area contributed by atoms with Crippen LogP contribution in [0.3, 0.4) is 0 Å². The van der Waals surface area contributed by atoms with E-state index in [0.29, 0.717) is 47.3 Å². The van der Waals surface area contributed by atoms with Gasteiger partial charge in [-0.1, -0.05) is 11.6 Å². The molecule has 0 aliphatic carbocycles. The van der Waals surface area contributed by atoms with Gasteiger partial charge in [-0.15, -0.1) is 0 Å². The minimum absolute atomic E-state index is 0.00635. The SMILES string of the molecule is COc1ccc2c(c1)C(=O)CC1(CCN(C(=O)COc3ccc(Cl)cc3)C1)O2. The zero-order valence-corrected chi connectivity index (χ0v) is 16.2. The number of amides is 1. The number of nitrogens with zero attached hydrogens (tertiary/aromatic N) is 1. The van der Waals surface area contributed by atoms with E-state index < -0.39 is 5.60 Å². The standard InChI is InChI=1S/C21H20ClNO5/c1-26-16-6-7-19-17(10-16)18(24)11-21(28-19)8-9-23(13-21)20(25)12-27-15-4-2-14(22)3-5-15/h2-7,10H,8-9,11-13H2,1H3. The van der Waals surface area contributed by atoms with Crippen LogP contribution in [0.25, 0.3) is 0 Å². The fraction of sp³-hybridized carbons (Fsp3) is 0.333. The second-order valence-corrected chi connectivity index (χ2v) is 7.49. The van der Waals surface area contributed by atoms with Gasteiger partial charge in [-0.05, 0) is 42.5 Å².